The molecule has 12 heteroatoms. The number of aliphatic carboxylic acids is 1. The molecular weight excluding hydrogens is 576 g/mol. The molecule has 1 saturated heterocycles. The number of amidine groups is 1. The molecule has 3 N–H and O–H groups in total. The summed E-state index contributed by atoms with van der Waals surface area (Å²) in [7, 11) is 0. The third-order valence-electron chi connectivity index (χ3n) is 5.13. The third kappa shape index (κ3) is 7.20. The number of anilines is 2. The first kappa shape index (κ1) is 26.9. The highest BCUT2D eigenvalue weighted by Gasteiger charge is 2.40. The molecule has 1 fully saturated rings. The lowest BCUT2D eigenvalue weighted by Crippen LogP contribution is -2.33. The van der Waals surface area contributed by atoms with E-state index in [1.807, 2.05) is 0 Å². The monoisotopic (exact) mass is 596 g/mol. The lowest BCUT2D eigenvalue weighted by atomic mass is 10.2. The molecule has 0 saturated carbocycles. The number of phenolic OH excluding ortho intramolecular Hbond substituents is 1. The number of nitrogens with zero attached hydrogens (tertiary/aromatic N) is 3. The van der Waals surface area contributed by atoms with Gasteiger partial charge in [-0.05, 0) is 78.4 Å². The summed E-state index contributed by atoms with van der Waals surface area (Å²) < 4.78 is 5.99. The number of thioether (sulfide) groups is 1. The number of carboxylic acid groups (broad SMARTS) is 1. The molecule has 194 valence electrons. The summed E-state index contributed by atoms with van der Waals surface area (Å²) in [5, 5.41) is 29.0. The van der Waals surface area contributed by atoms with Gasteiger partial charge in [-0.15, -0.1) is 5.10 Å². The summed E-state index contributed by atoms with van der Waals surface area (Å²) in [6.45, 7) is -0.443. The summed E-state index contributed by atoms with van der Waals surface area (Å²) in [5.74, 6) is -1.28. The van der Waals surface area contributed by atoms with Gasteiger partial charge in [-0.1, -0.05) is 27.7 Å². The number of carbonyl (C=O) groups excluding carboxylic acids is 2. The molecule has 1 aliphatic rings. The number of phenols is 1. The van der Waals surface area contributed by atoms with Gasteiger partial charge in [0.1, 0.15) is 16.7 Å². The molecule has 38 heavy (non-hydrogen) atoms. The number of ether oxygens (including phenoxy) is 1. The number of hydrogen-bond acceptors (Lipinski definition) is 8. The van der Waals surface area contributed by atoms with Gasteiger partial charge in [0.05, 0.1) is 11.9 Å². The average molecular weight is 597 g/mol. The first-order valence-corrected chi connectivity index (χ1v) is 12.9. The summed E-state index contributed by atoms with van der Waals surface area (Å²) in [6, 6.07) is 19.7. The minimum Gasteiger partial charge on any atom is -0.508 e. The molecule has 0 spiro atoms. The predicted molar refractivity (Wildman–Crippen MR) is 149 cm³/mol. The summed E-state index contributed by atoms with van der Waals surface area (Å²) in [6.07, 6.45) is 1.40. The van der Waals surface area contributed by atoms with Crippen LogP contribution in [0.15, 0.2) is 87.5 Å². The van der Waals surface area contributed by atoms with E-state index < -0.39 is 17.8 Å². The van der Waals surface area contributed by atoms with Gasteiger partial charge in [0.2, 0.25) is 11.8 Å². The van der Waals surface area contributed by atoms with Crippen molar-refractivity contribution in [3.63, 3.8) is 0 Å². The van der Waals surface area contributed by atoms with E-state index in [0.717, 1.165) is 16.2 Å². The van der Waals surface area contributed by atoms with Crippen LogP contribution in [0.2, 0.25) is 0 Å². The van der Waals surface area contributed by atoms with E-state index in [1.165, 1.54) is 23.2 Å². The Kier molecular flexibility index (Phi) is 8.77. The molecule has 1 atom stereocenters. The van der Waals surface area contributed by atoms with E-state index in [9.17, 15) is 19.5 Å². The smallest absolute Gasteiger partial charge is 0.341 e. The highest BCUT2D eigenvalue weighted by Crippen LogP contribution is 2.34. The van der Waals surface area contributed by atoms with Gasteiger partial charge in [-0.2, -0.15) is 5.10 Å². The Hall–Kier alpha value is -4.16. The Morgan fingerprint density at radius 2 is 1.74 bits per heavy atom. The van der Waals surface area contributed by atoms with Gasteiger partial charge in [0.25, 0.3) is 0 Å². The standard InChI is InChI=1S/C26H21BrN4O6S/c27-17-3-5-18(6-4-17)29-23(33)13-22-25(36)31(19-7-9-20(32)10-8-19)26(38-22)30-28-14-16-1-11-21(12-2-16)37-15-24(34)35/h1-12,14,22,32H,13,15H2,(H,29,33)(H,34,35)/b28-14+,30-26-. The highest BCUT2D eigenvalue weighted by molar-refractivity contribution is 9.10. The quantitative estimate of drug-likeness (QED) is 0.244. The van der Waals surface area contributed by atoms with Crippen LogP contribution in [0.1, 0.15) is 12.0 Å². The van der Waals surface area contributed by atoms with Gasteiger partial charge in [0.15, 0.2) is 11.8 Å². The van der Waals surface area contributed by atoms with Crippen LogP contribution < -0.4 is 15.0 Å². The zero-order valence-electron chi connectivity index (χ0n) is 19.7. The van der Waals surface area contributed by atoms with Crippen LogP contribution in [0.3, 0.4) is 0 Å². The number of carboxylic acids is 1. The predicted octanol–water partition coefficient (Wildman–Crippen LogP) is 4.49. The zero-order valence-corrected chi connectivity index (χ0v) is 22.1. The van der Waals surface area contributed by atoms with Crippen molar-refractivity contribution in [2.45, 2.75) is 11.7 Å². The normalized spacial score (nSPS) is 16.2. The second-order valence-corrected chi connectivity index (χ2v) is 10.0. The highest BCUT2D eigenvalue weighted by atomic mass is 79.9. The molecule has 2 amide bonds. The fourth-order valence-corrected chi connectivity index (χ4v) is 4.71. The molecule has 3 aromatic rings. The van der Waals surface area contributed by atoms with Crippen molar-refractivity contribution in [1.29, 1.82) is 0 Å². The topological polar surface area (TPSA) is 141 Å². The van der Waals surface area contributed by atoms with Crippen molar-refractivity contribution >= 4 is 68.2 Å². The number of rotatable bonds is 9. The molecule has 1 unspecified atom stereocenters. The first-order chi connectivity index (χ1) is 18.3. The average Bonchev–Trinajstić information content (AvgIpc) is 3.19. The molecule has 1 heterocycles. The number of amides is 2. The summed E-state index contributed by atoms with van der Waals surface area (Å²) in [5.41, 5.74) is 1.76. The molecule has 0 radical (unpaired) electrons. The Morgan fingerprint density at radius 1 is 1.05 bits per heavy atom. The van der Waals surface area contributed by atoms with Crippen molar-refractivity contribution in [2.75, 3.05) is 16.8 Å². The van der Waals surface area contributed by atoms with Crippen LogP contribution >= 0.6 is 27.7 Å². The minimum atomic E-state index is -1.07. The maximum Gasteiger partial charge on any atom is 0.341 e. The van der Waals surface area contributed by atoms with Crippen molar-refractivity contribution in [3.8, 4) is 11.5 Å². The van der Waals surface area contributed by atoms with Crippen LogP contribution in [0.5, 0.6) is 11.5 Å². The molecule has 0 aliphatic carbocycles. The molecule has 0 bridgehead atoms. The van der Waals surface area contributed by atoms with Gasteiger partial charge in [0, 0.05) is 16.6 Å². The first-order valence-electron chi connectivity index (χ1n) is 11.2. The van der Waals surface area contributed by atoms with Crippen molar-refractivity contribution in [1.82, 2.24) is 0 Å². The molecule has 1 aliphatic heterocycles. The fourth-order valence-electron chi connectivity index (χ4n) is 3.36. The Morgan fingerprint density at radius 3 is 2.39 bits per heavy atom. The Labute approximate surface area is 230 Å². The van der Waals surface area contributed by atoms with Crippen LogP contribution in [-0.4, -0.2) is 51.2 Å². The minimum absolute atomic E-state index is 0.0470. The second kappa shape index (κ2) is 12.4. The summed E-state index contributed by atoms with van der Waals surface area (Å²) in [4.78, 5) is 37.9. The Balaban J connectivity index is 1.49. The number of benzene rings is 3. The van der Waals surface area contributed by atoms with E-state index in [-0.39, 0.29) is 29.2 Å². The fraction of sp³-hybridized carbons (Fsp3) is 0.115. The number of aromatic hydroxyl groups is 1. The molecule has 10 nitrogen and oxygen atoms in total. The van der Waals surface area contributed by atoms with Gasteiger partial charge in [-0.25, -0.2) is 4.79 Å². The third-order valence-corrected chi connectivity index (χ3v) is 6.79. The number of nitrogens with one attached hydrogen (secondary N) is 1. The second-order valence-electron chi connectivity index (χ2n) is 7.93. The molecule has 3 aromatic carbocycles. The number of carbonyl (C=O) groups is 3. The molecule has 0 aromatic heterocycles. The van der Waals surface area contributed by atoms with Crippen LogP contribution in [-0.2, 0) is 14.4 Å². The molecule has 4 rings (SSSR count). The van der Waals surface area contributed by atoms with Gasteiger partial charge >= 0.3 is 5.97 Å². The van der Waals surface area contributed by atoms with E-state index in [2.05, 4.69) is 31.4 Å². The van der Waals surface area contributed by atoms with E-state index in [4.69, 9.17) is 9.84 Å². The van der Waals surface area contributed by atoms with Crippen LogP contribution in [0.4, 0.5) is 11.4 Å². The molecular formula is C26H21BrN4O6S. The van der Waals surface area contributed by atoms with Crippen LogP contribution in [0, 0.1) is 0 Å². The van der Waals surface area contributed by atoms with Crippen molar-refractivity contribution in [2.24, 2.45) is 10.2 Å². The van der Waals surface area contributed by atoms with E-state index >= 15 is 0 Å². The van der Waals surface area contributed by atoms with Gasteiger partial charge < -0.3 is 20.3 Å². The van der Waals surface area contributed by atoms with Crippen LogP contribution in [0.25, 0.3) is 0 Å². The summed E-state index contributed by atoms with van der Waals surface area (Å²) >= 11 is 4.47. The zero-order chi connectivity index (χ0) is 27.1. The van der Waals surface area contributed by atoms with E-state index in [1.54, 1.807) is 60.7 Å². The lowest BCUT2D eigenvalue weighted by Gasteiger charge is -2.16. The Bertz CT molecular complexity index is 1380. The number of hydrogen-bond donors (Lipinski definition) is 3. The van der Waals surface area contributed by atoms with E-state index in [0.29, 0.717) is 22.7 Å². The maximum absolute atomic E-state index is 13.3. The largest absolute Gasteiger partial charge is 0.508 e. The maximum atomic E-state index is 13.3. The van der Waals surface area contributed by atoms with Gasteiger partial charge in [-0.3, -0.25) is 14.5 Å². The van der Waals surface area contributed by atoms with Crippen molar-refractivity contribution in [3.05, 3.63) is 82.8 Å². The lowest BCUT2D eigenvalue weighted by molar-refractivity contribution is -0.139. The van der Waals surface area contributed by atoms with Crippen molar-refractivity contribution < 1.29 is 29.3 Å². The SMILES string of the molecule is O=C(O)COc1ccc(/C=N/N=C2\SC(CC(=O)Nc3ccc(Br)cc3)C(=O)N2c2ccc(O)cc2)cc1. The number of halogens is 1.